The van der Waals surface area contributed by atoms with E-state index in [1.807, 2.05) is 0 Å². The third-order valence-electron chi connectivity index (χ3n) is 3.77. The molecule has 2 aliphatic rings. The van der Waals surface area contributed by atoms with Crippen LogP contribution in [0.15, 0.2) is 24.6 Å². The fourth-order valence-corrected chi connectivity index (χ4v) is 5.80. The van der Waals surface area contributed by atoms with Gasteiger partial charge < -0.3 is 39.8 Å². The molecule has 0 bridgehead atoms. The van der Waals surface area contributed by atoms with Crippen molar-refractivity contribution in [2.75, 3.05) is 6.61 Å². The minimum Gasteiger partial charge on any atom is -0.383 e. The standard InChI is InChI=1S/C12H16FN2O13P3S/c1-3-11(17)8(16)12(13,26-9(11)15-5-4-7(2)14-10(15)32)6-25-30(21,22)28-31(23,24)27-29(18,19)20/h1,4-5,8-9,16-17H,2,6H2,(H,14,32)(H,21,22)(H,23,24)(H2,18,19,20)/t8?,9-,11-,12-/m1/s1. The topological polar surface area (TPSA) is 225 Å². The zero-order valence-electron chi connectivity index (χ0n) is 15.4. The molecule has 2 heterocycles. The van der Waals surface area contributed by atoms with E-state index in [1.54, 1.807) is 5.92 Å². The van der Waals surface area contributed by atoms with Crippen molar-refractivity contribution in [3.05, 3.63) is 24.6 Å². The van der Waals surface area contributed by atoms with E-state index >= 15 is 4.39 Å². The van der Waals surface area contributed by atoms with Gasteiger partial charge in [0.1, 0.15) is 6.61 Å². The Hall–Kier alpha value is -1.05. The summed E-state index contributed by atoms with van der Waals surface area (Å²) in [5.41, 5.74) is -2.49. The van der Waals surface area contributed by atoms with Gasteiger partial charge >= 0.3 is 23.5 Å². The first kappa shape index (κ1) is 27.2. The highest BCUT2D eigenvalue weighted by Crippen LogP contribution is 2.66. The molecule has 0 aromatic rings. The predicted molar refractivity (Wildman–Crippen MR) is 104 cm³/mol. The fourth-order valence-electron chi connectivity index (χ4n) is 2.47. The number of aliphatic hydroxyl groups is 2. The highest BCUT2D eigenvalue weighted by atomic mass is 32.1. The number of aliphatic hydroxyl groups excluding tert-OH is 1. The van der Waals surface area contributed by atoms with Crippen molar-refractivity contribution in [2.24, 2.45) is 0 Å². The number of hydrogen-bond donors (Lipinski definition) is 7. The van der Waals surface area contributed by atoms with Crippen molar-refractivity contribution < 1.29 is 65.8 Å². The molecule has 32 heavy (non-hydrogen) atoms. The second-order valence-electron chi connectivity index (χ2n) is 6.17. The Balaban J connectivity index is 2.22. The van der Waals surface area contributed by atoms with Gasteiger partial charge in [-0.25, -0.2) is 18.1 Å². The summed E-state index contributed by atoms with van der Waals surface area (Å²) in [6.07, 6.45) is 3.18. The lowest BCUT2D eigenvalue weighted by Crippen LogP contribution is -2.57. The van der Waals surface area contributed by atoms with Crippen molar-refractivity contribution in [1.29, 1.82) is 0 Å². The average Bonchev–Trinajstić information content (AvgIpc) is 2.80. The third kappa shape index (κ3) is 6.09. The van der Waals surface area contributed by atoms with Crippen LogP contribution in [0.5, 0.6) is 0 Å². The van der Waals surface area contributed by atoms with Crippen LogP contribution in [-0.2, 0) is 31.6 Å². The van der Waals surface area contributed by atoms with Crippen molar-refractivity contribution in [1.82, 2.24) is 10.2 Å². The Morgan fingerprint density at radius 1 is 1.31 bits per heavy atom. The summed E-state index contributed by atoms with van der Waals surface area (Å²) in [6, 6.07) is 0. The molecule has 15 nitrogen and oxygen atoms in total. The molecule has 20 heteroatoms. The van der Waals surface area contributed by atoms with Crippen LogP contribution in [0.25, 0.3) is 0 Å². The van der Waals surface area contributed by atoms with Crippen LogP contribution in [0.4, 0.5) is 4.39 Å². The molecule has 7 N–H and O–H groups in total. The van der Waals surface area contributed by atoms with Crippen LogP contribution in [0.1, 0.15) is 0 Å². The summed E-state index contributed by atoms with van der Waals surface area (Å²) in [7, 11) is -17.3. The summed E-state index contributed by atoms with van der Waals surface area (Å²) in [5, 5.41) is 23.2. The van der Waals surface area contributed by atoms with Gasteiger partial charge in [0.15, 0.2) is 17.4 Å². The molecule has 0 amide bonds. The van der Waals surface area contributed by atoms with Gasteiger partial charge in [-0.2, -0.15) is 8.62 Å². The number of terminal acetylenes is 1. The van der Waals surface area contributed by atoms with Gasteiger partial charge in [-0.3, -0.25) is 9.42 Å². The fraction of sp³-hybridized carbons (Fsp3) is 0.417. The Kier molecular flexibility index (Phi) is 7.61. The molecule has 0 radical (unpaired) electrons. The molecular formula is C12H16FN2O13P3S. The average molecular weight is 540 g/mol. The zero-order chi connectivity index (χ0) is 24.8. The molecule has 180 valence electrons. The maximum atomic E-state index is 15.3. The van der Waals surface area contributed by atoms with Crippen LogP contribution >= 0.6 is 35.7 Å². The van der Waals surface area contributed by atoms with Gasteiger partial charge in [-0.1, -0.05) is 12.5 Å². The molecule has 0 aromatic carbocycles. The number of rotatable bonds is 8. The van der Waals surface area contributed by atoms with Crippen molar-refractivity contribution >= 4 is 40.8 Å². The highest BCUT2D eigenvalue weighted by molar-refractivity contribution is 7.80. The zero-order valence-corrected chi connectivity index (χ0v) is 18.9. The lowest BCUT2D eigenvalue weighted by molar-refractivity contribution is -0.204. The van der Waals surface area contributed by atoms with Gasteiger partial charge in [-0.05, 0) is 18.3 Å². The summed E-state index contributed by atoms with van der Waals surface area (Å²) >= 11 is 5.00. The van der Waals surface area contributed by atoms with Crippen LogP contribution in [0.3, 0.4) is 0 Å². The van der Waals surface area contributed by atoms with E-state index in [4.69, 9.17) is 38.1 Å². The van der Waals surface area contributed by atoms with E-state index in [9.17, 15) is 28.8 Å². The van der Waals surface area contributed by atoms with Gasteiger partial charge in [-0.15, -0.1) is 6.42 Å². The summed E-state index contributed by atoms with van der Waals surface area (Å²) in [5.74, 6) is -1.79. The van der Waals surface area contributed by atoms with E-state index in [-0.39, 0.29) is 5.11 Å². The third-order valence-corrected chi connectivity index (χ3v) is 7.87. The van der Waals surface area contributed by atoms with Gasteiger partial charge in [0, 0.05) is 11.9 Å². The molecule has 2 aliphatic heterocycles. The van der Waals surface area contributed by atoms with Crippen molar-refractivity contribution in [3.8, 4) is 12.3 Å². The lowest BCUT2D eigenvalue weighted by Gasteiger charge is -2.35. The molecule has 0 spiro atoms. The quantitative estimate of drug-likeness (QED) is 0.115. The maximum absolute atomic E-state index is 15.3. The molecule has 6 atom stereocenters. The van der Waals surface area contributed by atoms with Crippen LogP contribution in [0.2, 0.25) is 0 Å². The van der Waals surface area contributed by atoms with Gasteiger partial charge in [0.05, 0.1) is 0 Å². The molecular weight excluding hydrogens is 524 g/mol. The highest BCUT2D eigenvalue weighted by Gasteiger charge is 2.66. The number of alkyl halides is 1. The van der Waals surface area contributed by atoms with Crippen LogP contribution in [-0.4, -0.2) is 70.2 Å². The van der Waals surface area contributed by atoms with E-state index < -0.39 is 53.9 Å². The van der Waals surface area contributed by atoms with Gasteiger partial charge in [0.2, 0.25) is 5.60 Å². The number of allylic oxidation sites excluding steroid dienone is 1. The summed E-state index contributed by atoms with van der Waals surface area (Å²) < 4.78 is 65.0. The minimum atomic E-state index is -5.87. The molecule has 0 aliphatic carbocycles. The van der Waals surface area contributed by atoms with Crippen LogP contribution < -0.4 is 5.32 Å². The van der Waals surface area contributed by atoms with Crippen LogP contribution in [0, 0.1) is 12.3 Å². The number of thiocarbonyl (C=S) groups is 1. The maximum Gasteiger partial charge on any atom is 0.490 e. The normalized spacial score (nSPS) is 34.5. The van der Waals surface area contributed by atoms with Crippen molar-refractivity contribution in [3.63, 3.8) is 0 Å². The monoisotopic (exact) mass is 540 g/mol. The van der Waals surface area contributed by atoms with E-state index in [0.717, 1.165) is 4.90 Å². The first-order valence-corrected chi connectivity index (χ1v) is 12.8. The predicted octanol–water partition coefficient (Wildman–Crippen LogP) is -0.706. The molecule has 0 aromatic heterocycles. The first-order chi connectivity index (χ1) is 14.3. The summed E-state index contributed by atoms with van der Waals surface area (Å²) in [6.45, 7) is 1.83. The Morgan fingerprint density at radius 3 is 2.41 bits per heavy atom. The molecule has 0 saturated carbocycles. The SMILES string of the molecule is C#C[C@@]1(O)C(O)[C@@](F)(COP(=O)(O)OP(=O)(O)OP(=O)(O)O)O[C@H]1N1C=CC(=C)NC1=S. The van der Waals surface area contributed by atoms with Crippen molar-refractivity contribution in [2.45, 2.75) is 23.8 Å². The van der Waals surface area contributed by atoms with E-state index in [0.29, 0.717) is 5.70 Å². The number of hydrogen-bond acceptors (Lipinski definition) is 10. The molecule has 1 saturated heterocycles. The number of phosphoric acid groups is 3. The lowest BCUT2D eigenvalue weighted by atomic mass is 9.93. The van der Waals surface area contributed by atoms with E-state index in [2.05, 4.69) is 25.0 Å². The number of nitrogens with one attached hydrogen (secondary N) is 1. The Morgan fingerprint density at radius 2 is 1.91 bits per heavy atom. The Bertz CT molecular complexity index is 1030. The number of ether oxygens (including phenoxy) is 1. The van der Waals surface area contributed by atoms with Gasteiger partial charge in [0.25, 0.3) is 5.85 Å². The smallest absolute Gasteiger partial charge is 0.383 e. The van der Waals surface area contributed by atoms with E-state index in [1.165, 1.54) is 12.3 Å². The number of phosphoric ester groups is 1. The molecule has 1 fully saturated rings. The Labute approximate surface area is 184 Å². The minimum absolute atomic E-state index is 0.180. The number of halogens is 1. The molecule has 3 unspecified atom stereocenters. The number of nitrogens with zero attached hydrogens (tertiary/aromatic N) is 1. The molecule has 2 rings (SSSR count). The summed E-state index contributed by atoms with van der Waals surface area (Å²) in [4.78, 5) is 36.4. The largest absolute Gasteiger partial charge is 0.490 e. The second-order valence-corrected chi connectivity index (χ2v) is 11.0. The second kappa shape index (κ2) is 8.95. The first-order valence-electron chi connectivity index (χ1n) is 7.84.